The SMILES string of the molecule is COC[C@@H](C)NC(=O)[C@@H](C)N(c1ccc(Cl)cc1)S(C)(=O)=O. The van der Waals surface area contributed by atoms with Crippen LogP contribution in [0.4, 0.5) is 5.69 Å². The Labute approximate surface area is 136 Å². The van der Waals surface area contributed by atoms with Gasteiger partial charge in [-0.1, -0.05) is 11.6 Å². The number of hydrogen-bond acceptors (Lipinski definition) is 4. The number of benzene rings is 1. The van der Waals surface area contributed by atoms with Crippen molar-refractivity contribution in [1.29, 1.82) is 0 Å². The Morgan fingerprint density at radius 2 is 1.86 bits per heavy atom. The fourth-order valence-electron chi connectivity index (χ4n) is 2.05. The summed E-state index contributed by atoms with van der Waals surface area (Å²) in [7, 11) is -2.09. The zero-order chi connectivity index (χ0) is 16.9. The molecule has 1 rings (SSSR count). The van der Waals surface area contributed by atoms with Crippen LogP contribution in [0.2, 0.25) is 5.02 Å². The Bertz CT molecular complexity index is 604. The van der Waals surface area contributed by atoms with Crippen LogP contribution in [0.3, 0.4) is 0 Å². The Morgan fingerprint density at radius 1 is 1.32 bits per heavy atom. The lowest BCUT2D eigenvalue weighted by atomic mass is 10.2. The Morgan fingerprint density at radius 3 is 2.32 bits per heavy atom. The monoisotopic (exact) mass is 348 g/mol. The maximum atomic E-state index is 12.3. The van der Waals surface area contributed by atoms with Crippen molar-refractivity contribution >= 4 is 33.2 Å². The van der Waals surface area contributed by atoms with Crippen LogP contribution in [-0.4, -0.2) is 46.4 Å². The van der Waals surface area contributed by atoms with Gasteiger partial charge >= 0.3 is 0 Å². The maximum absolute atomic E-state index is 12.3. The highest BCUT2D eigenvalue weighted by Crippen LogP contribution is 2.23. The van der Waals surface area contributed by atoms with E-state index in [2.05, 4.69) is 5.32 Å². The van der Waals surface area contributed by atoms with E-state index in [0.717, 1.165) is 10.6 Å². The highest BCUT2D eigenvalue weighted by atomic mass is 35.5. The fraction of sp³-hybridized carbons (Fsp3) is 0.500. The number of rotatable bonds is 7. The van der Waals surface area contributed by atoms with E-state index in [1.807, 2.05) is 0 Å². The minimum atomic E-state index is -3.62. The molecule has 0 radical (unpaired) electrons. The number of halogens is 1. The molecule has 124 valence electrons. The van der Waals surface area contributed by atoms with E-state index < -0.39 is 22.0 Å². The molecule has 0 heterocycles. The molecule has 1 amide bonds. The third-order valence-corrected chi connectivity index (χ3v) is 4.47. The number of amides is 1. The van der Waals surface area contributed by atoms with Crippen molar-refractivity contribution in [2.45, 2.75) is 25.9 Å². The van der Waals surface area contributed by atoms with Crippen LogP contribution in [0.5, 0.6) is 0 Å². The van der Waals surface area contributed by atoms with Gasteiger partial charge in [-0.05, 0) is 38.1 Å². The van der Waals surface area contributed by atoms with Gasteiger partial charge in [0.15, 0.2) is 0 Å². The minimum Gasteiger partial charge on any atom is -0.383 e. The van der Waals surface area contributed by atoms with E-state index in [9.17, 15) is 13.2 Å². The predicted molar refractivity (Wildman–Crippen MR) is 87.7 cm³/mol. The largest absolute Gasteiger partial charge is 0.383 e. The summed E-state index contributed by atoms with van der Waals surface area (Å²) < 4.78 is 30.1. The number of carbonyl (C=O) groups is 1. The van der Waals surface area contributed by atoms with Gasteiger partial charge in [0.2, 0.25) is 15.9 Å². The predicted octanol–water partition coefficient (Wildman–Crippen LogP) is 1.65. The third kappa shape index (κ3) is 5.15. The summed E-state index contributed by atoms with van der Waals surface area (Å²) in [5.74, 6) is -0.398. The van der Waals surface area contributed by atoms with Gasteiger partial charge in [0, 0.05) is 18.2 Å². The summed E-state index contributed by atoms with van der Waals surface area (Å²) in [6.07, 6.45) is 1.06. The van der Waals surface area contributed by atoms with Gasteiger partial charge < -0.3 is 10.1 Å². The molecule has 1 aromatic rings. The molecule has 0 aliphatic heterocycles. The summed E-state index contributed by atoms with van der Waals surface area (Å²) >= 11 is 5.82. The molecule has 0 aromatic heterocycles. The van der Waals surface area contributed by atoms with Gasteiger partial charge in [-0.15, -0.1) is 0 Å². The van der Waals surface area contributed by atoms with Crippen molar-refractivity contribution in [3.05, 3.63) is 29.3 Å². The van der Waals surface area contributed by atoms with Crippen LogP contribution >= 0.6 is 11.6 Å². The number of nitrogens with zero attached hydrogens (tertiary/aromatic N) is 1. The van der Waals surface area contributed by atoms with Crippen molar-refractivity contribution in [3.8, 4) is 0 Å². The lowest BCUT2D eigenvalue weighted by Crippen LogP contribution is -2.50. The second kappa shape index (κ2) is 7.80. The standard InChI is InChI=1S/C14H21ClN2O4S/c1-10(9-21-3)16-14(18)11(2)17(22(4,19)20)13-7-5-12(15)6-8-13/h5-8,10-11H,9H2,1-4H3,(H,16,18)/t10-,11-/m1/s1. The average Bonchev–Trinajstić information content (AvgIpc) is 2.39. The summed E-state index contributed by atoms with van der Waals surface area (Å²) in [4.78, 5) is 12.3. The lowest BCUT2D eigenvalue weighted by Gasteiger charge is -2.29. The quantitative estimate of drug-likeness (QED) is 0.812. The zero-order valence-corrected chi connectivity index (χ0v) is 14.6. The first kappa shape index (κ1) is 18.7. The molecular formula is C14H21ClN2O4S. The van der Waals surface area contributed by atoms with Gasteiger partial charge in [0.25, 0.3) is 0 Å². The second-order valence-corrected chi connectivity index (χ2v) is 7.37. The smallest absolute Gasteiger partial charge is 0.243 e. The van der Waals surface area contributed by atoms with E-state index in [1.165, 1.54) is 14.0 Å². The third-order valence-electron chi connectivity index (χ3n) is 2.97. The molecule has 1 N–H and O–H groups in total. The van der Waals surface area contributed by atoms with Crippen LogP contribution in [0.25, 0.3) is 0 Å². The van der Waals surface area contributed by atoms with Crippen LogP contribution in [-0.2, 0) is 19.6 Å². The fourth-order valence-corrected chi connectivity index (χ4v) is 3.35. The molecule has 2 atom stereocenters. The number of hydrogen-bond donors (Lipinski definition) is 1. The van der Waals surface area contributed by atoms with Crippen LogP contribution in [0.15, 0.2) is 24.3 Å². The zero-order valence-electron chi connectivity index (χ0n) is 13.0. The minimum absolute atomic E-state index is 0.216. The number of sulfonamides is 1. The molecule has 0 fully saturated rings. The summed E-state index contributed by atoms with van der Waals surface area (Å²) in [5.41, 5.74) is 0.383. The van der Waals surface area contributed by atoms with Gasteiger partial charge in [-0.2, -0.15) is 0 Å². The van der Waals surface area contributed by atoms with Gasteiger partial charge in [0.1, 0.15) is 6.04 Å². The molecular weight excluding hydrogens is 328 g/mol. The van der Waals surface area contributed by atoms with Crippen LogP contribution in [0, 0.1) is 0 Å². The lowest BCUT2D eigenvalue weighted by molar-refractivity contribution is -0.122. The molecule has 0 spiro atoms. The van der Waals surface area contributed by atoms with Gasteiger partial charge in [-0.25, -0.2) is 8.42 Å². The molecule has 0 saturated carbocycles. The normalized spacial score (nSPS) is 14.2. The number of methoxy groups -OCH3 is 1. The van der Waals surface area contributed by atoms with Gasteiger partial charge in [-0.3, -0.25) is 9.10 Å². The Hall–Kier alpha value is -1.31. The van der Waals surface area contributed by atoms with E-state index in [4.69, 9.17) is 16.3 Å². The van der Waals surface area contributed by atoms with Crippen molar-refractivity contribution in [3.63, 3.8) is 0 Å². The molecule has 0 saturated heterocycles. The summed E-state index contributed by atoms with van der Waals surface area (Å²) in [6.45, 7) is 3.66. The second-order valence-electron chi connectivity index (χ2n) is 5.08. The maximum Gasteiger partial charge on any atom is 0.243 e. The number of carbonyl (C=O) groups excluding carboxylic acids is 1. The first-order valence-electron chi connectivity index (χ1n) is 6.71. The molecule has 0 aliphatic rings. The van der Waals surface area contributed by atoms with E-state index >= 15 is 0 Å². The summed E-state index contributed by atoms with van der Waals surface area (Å²) in [5, 5.41) is 3.21. The molecule has 8 heteroatoms. The van der Waals surface area contributed by atoms with E-state index in [0.29, 0.717) is 17.3 Å². The first-order chi connectivity index (χ1) is 10.2. The van der Waals surface area contributed by atoms with Crippen LogP contribution < -0.4 is 9.62 Å². The van der Waals surface area contributed by atoms with Crippen molar-refractivity contribution in [2.75, 3.05) is 24.3 Å². The van der Waals surface area contributed by atoms with Crippen molar-refractivity contribution in [1.82, 2.24) is 5.32 Å². The molecule has 0 unspecified atom stereocenters. The summed E-state index contributed by atoms with van der Waals surface area (Å²) in [6, 6.07) is 5.17. The molecule has 6 nitrogen and oxygen atoms in total. The molecule has 1 aromatic carbocycles. The average molecular weight is 349 g/mol. The molecule has 22 heavy (non-hydrogen) atoms. The van der Waals surface area contributed by atoms with E-state index in [1.54, 1.807) is 31.2 Å². The van der Waals surface area contributed by atoms with Gasteiger partial charge in [0.05, 0.1) is 18.6 Å². The van der Waals surface area contributed by atoms with Crippen molar-refractivity contribution < 1.29 is 17.9 Å². The Kier molecular flexibility index (Phi) is 6.65. The molecule has 0 aliphatic carbocycles. The van der Waals surface area contributed by atoms with Crippen molar-refractivity contribution in [2.24, 2.45) is 0 Å². The van der Waals surface area contributed by atoms with E-state index in [-0.39, 0.29) is 6.04 Å². The molecule has 0 bridgehead atoms. The number of ether oxygens (including phenoxy) is 1. The highest BCUT2D eigenvalue weighted by molar-refractivity contribution is 7.92. The Balaban J connectivity index is 3.02. The first-order valence-corrected chi connectivity index (χ1v) is 8.93. The number of anilines is 1. The topological polar surface area (TPSA) is 75.7 Å². The number of nitrogens with one attached hydrogen (secondary N) is 1. The van der Waals surface area contributed by atoms with Crippen LogP contribution in [0.1, 0.15) is 13.8 Å². The highest BCUT2D eigenvalue weighted by Gasteiger charge is 2.29.